The number of nitrogens with one attached hydrogen (secondary N) is 1. The molecule has 3 N–H and O–H groups in total. The number of hydrogen-bond acceptors (Lipinski definition) is 4. The first-order valence-electron chi connectivity index (χ1n) is 6.28. The quantitative estimate of drug-likeness (QED) is 0.773. The molecule has 1 heterocycles. The first-order chi connectivity index (χ1) is 9.00. The molecule has 3 atom stereocenters. The van der Waals surface area contributed by atoms with Gasteiger partial charge in [0.2, 0.25) is 5.91 Å². The fourth-order valence-corrected chi connectivity index (χ4v) is 3.39. The van der Waals surface area contributed by atoms with Gasteiger partial charge in [0.05, 0.1) is 12.0 Å². The van der Waals surface area contributed by atoms with Gasteiger partial charge in [-0.3, -0.25) is 4.79 Å². The minimum absolute atomic E-state index is 0.296. The predicted molar refractivity (Wildman–Crippen MR) is 71.2 cm³/mol. The molecular weight excluding hydrogens is 266 g/mol. The smallest absolute Gasteiger partial charge is 0.328 e. The molecule has 0 radical (unpaired) electrons. The van der Waals surface area contributed by atoms with Crippen molar-refractivity contribution in [1.29, 1.82) is 0 Å². The van der Waals surface area contributed by atoms with Gasteiger partial charge in [0.25, 0.3) is 0 Å². The average molecular weight is 283 g/mol. The van der Waals surface area contributed by atoms with Gasteiger partial charge in [-0.05, 0) is 43.2 Å². The Morgan fingerprint density at radius 3 is 2.89 bits per heavy atom. The van der Waals surface area contributed by atoms with Gasteiger partial charge in [0, 0.05) is 4.88 Å². The maximum Gasteiger partial charge on any atom is 0.328 e. The number of aliphatic hydroxyl groups is 1. The van der Waals surface area contributed by atoms with Crippen molar-refractivity contribution in [3.05, 3.63) is 21.9 Å². The number of thiophene rings is 1. The minimum Gasteiger partial charge on any atom is -0.480 e. The summed E-state index contributed by atoms with van der Waals surface area (Å²) in [5, 5.41) is 22.8. The molecule has 0 saturated carbocycles. The van der Waals surface area contributed by atoms with Gasteiger partial charge < -0.3 is 15.5 Å². The number of fused-ring (bicyclic) bond motifs is 1. The third kappa shape index (κ3) is 2.96. The number of hydrogen-bond donors (Lipinski definition) is 3. The van der Waals surface area contributed by atoms with Gasteiger partial charge >= 0.3 is 5.97 Å². The zero-order valence-electron chi connectivity index (χ0n) is 10.6. The maximum atomic E-state index is 12.2. The molecule has 1 aromatic rings. The molecule has 0 aromatic carbocycles. The zero-order chi connectivity index (χ0) is 14.0. The second-order valence-electron chi connectivity index (χ2n) is 4.81. The first kappa shape index (κ1) is 14.0. The van der Waals surface area contributed by atoms with Gasteiger partial charge in [-0.2, -0.15) is 0 Å². The van der Waals surface area contributed by atoms with Crippen molar-refractivity contribution in [1.82, 2.24) is 5.32 Å². The van der Waals surface area contributed by atoms with Crippen LogP contribution in [0.3, 0.4) is 0 Å². The van der Waals surface area contributed by atoms with Crippen molar-refractivity contribution in [3.63, 3.8) is 0 Å². The van der Waals surface area contributed by atoms with Crippen LogP contribution in [0.5, 0.6) is 0 Å². The number of rotatable bonds is 4. The molecule has 1 aliphatic rings. The lowest BCUT2D eigenvalue weighted by atomic mass is 9.87. The predicted octanol–water partition coefficient (Wildman–Crippen LogP) is 1.12. The Morgan fingerprint density at radius 2 is 2.26 bits per heavy atom. The van der Waals surface area contributed by atoms with Crippen LogP contribution in [0.4, 0.5) is 0 Å². The normalized spacial score (nSPS) is 21.3. The summed E-state index contributed by atoms with van der Waals surface area (Å²) in [5.74, 6) is -1.83. The number of aliphatic carboxylic acids is 1. The second-order valence-corrected chi connectivity index (χ2v) is 5.81. The molecule has 1 aliphatic carbocycles. The third-order valence-corrected chi connectivity index (χ3v) is 4.41. The van der Waals surface area contributed by atoms with Gasteiger partial charge in [0.1, 0.15) is 0 Å². The van der Waals surface area contributed by atoms with Crippen LogP contribution in [0.25, 0.3) is 0 Å². The molecular formula is C13H17NO4S. The van der Waals surface area contributed by atoms with E-state index in [0.717, 1.165) is 24.8 Å². The van der Waals surface area contributed by atoms with E-state index >= 15 is 0 Å². The standard InChI is InChI=1S/C13H17NO4S/c1-7(15)11(13(17)18)14-12(16)9-3-2-4-10-8(9)5-6-19-10/h5-7,9,11,15H,2-4H2,1H3,(H,14,16)(H,17,18)/t7-,9?,11+/m1/s1. The van der Waals surface area contributed by atoms with Crippen molar-refractivity contribution in [2.24, 2.45) is 0 Å². The molecule has 1 amide bonds. The number of amides is 1. The summed E-state index contributed by atoms with van der Waals surface area (Å²) < 4.78 is 0. The Morgan fingerprint density at radius 1 is 1.53 bits per heavy atom. The van der Waals surface area contributed by atoms with Crippen LogP contribution in [-0.2, 0) is 16.0 Å². The van der Waals surface area contributed by atoms with Crippen molar-refractivity contribution >= 4 is 23.2 Å². The van der Waals surface area contributed by atoms with E-state index in [1.807, 2.05) is 11.4 Å². The number of aryl methyl sites for hydroxylation is 1. The fraction of sp³-hybridized carbons (Fsp3) is 0.538. The van der Waals surface area contributed by atoms with E-state index < -0.39 is 18.1 Å². The first-order valence-corrected chi connectivity index (χ1v) is 7.16. The van der Waals surface area contributed by atoms with Crippen LogP contribution in [0.2, 0.25) is 0 Å². The monoisotopic (exact) mass is 283 g/mol. The van der Waals surface area contributed by atoms with Gasteiger partial charge in [-0.15, -0.1) is 11.3 Å². The Kier molecular flexibility index (Phi) is 4.21. The molecule has 6 heteroatoms. The summed E-state index contributed by atoms with van der Waals surface area (Å²) in [6.45, 7) is 1.36. The van der Waals surface area contributed by atoms with E-state index in [4.69, 9.17) is 5.11 Å². The Bertz CT molecular complexity index is 483. The minimum atomic E-state index is -1.25. The topological polar surface area (TPSA) is 86.6 Å². The largest absolute Gasteiger partial charge is 0.480 e. The molecule has 0 bridgehead atoms. The molecule has 1 aromatic heterocycles. The molecule has 5 nitrogen and oxygen atoms in total. The van der Waals surface area contributed by atoms with Gasteiger partial charge in [-0.25, -0.2) is 4.79 Å². The lowest BCUT2D eigenvalue weighted by Crippen LogP contribution is -2.49. The molecule has 1 unspecified atom stereocenters. The van der Waals surface area contributed by atoms with Crippen LogP contribution >= 0.6 is 11.3 Å². The SMILES string of the molecule is C[C@@H](O)[C@H](NC(=O)C1CCCc2sccc21)C(=O)O. The number of aliphatic hydroxyl groups excluding tert-OH is 1. The number of carboxylic acid groups (broad SMARTS) is 1. The summed E-state index contributed by atoms with van der Waals surface area (Å²) in [6.07, 6.45) is 1.52. The lowest BCUT2D eigenvalue weighted by Gasteiger charge is -2.24. The summed E-state index contributed by atoms with van der Waals surface area (Å²) >= 11 is 1.63. The molecule has 0 fully saturated rings. The molecule has 0 aliphatic heterocycles. The van der Waals surface area contributed by atoms with E-state index in [0.29, 0.717) is 0 Å². The van der Waals surface area contributed by atoms with Crippen LogP contribution in [0.1, 0.15) is 36.1 Å². The van der Waals surface area contributed by atoms with Crippen molar-refractivity contribution in [3.8, 4) is 0 Å². The van der Waals surface area contributed by atoms with E-state index in [-0.39, 0.29) is 11.8 Å². The van der Waals surface area contributed by atoms with Crippen molar-refractivity contribution in [2.45, 2.75) is 44.2 Å². The fourth-order valence-electron chi connectivity index (χ4n) is 2.40. The Labute approximate surface area is 115 Å². The number of carboxylic acids is 1. The second kappa shape index (κ2) is 5.71. The molecule has 2 rings (SSSR count). The zero-order valence-corrected chi connectivity index (χ0v) is 11.4. The Balaban J connectivity index is 2.11. The highest BCUT2D eigenvalue weighted by molar-refractivity contribution is 7.10. The van der Waals surface area contributed by atoms with Crippen LogP contribution in [0.15, 0.2) is 11.4 Å². The Hall–Kier alpha value is -1.40. The van der Waals surface area contributed by atoms with Gasteiger partial charge in [0.15, 0.2) is 6.04 Å². The number of carbonyl (C=O) groups excluding carboxylic acids is 1. The van der Waals surface area contributed by atoms with Crippen LogP contribution in [-0.4, -0.2) is 34.2 Å². The highest BCUT2D eigenvalue weighted by Crippen LogP contribution is 2.35. The summed E-state index contributed by atoms with van der Waals surface area (Å²) in [6, 6.07) is 0.679. The molecule has 104 valence electrons. The molecule has 0 spiro atoms. The summed E-state index contributed by atoms with van der Waals surface area (Å²) in [5.41, 5.74) is 1.00. The number of carbonyl (C=O) groups is 2. The van der Waals surface area contributed by atoms with E-state index in [9.17, 15) is 14.7 Å². The third-order valence-electron chi connectivity index (χ3n) is 3.41. The molecule has 0 saturated heterocycles. The van der Waals surface area contributed by atoms with Crippen LogP contribution in [0, 0.1) is 0 Å². The average Bonchev–Trinajstić information content (AvgIpc) is 2.82. The summed E-state index contributed by atoms with van der Waals surface area (Å²) in [4.78, 5) is 24.4. The van der Waals surface area contributed by atoms with Gasteiger partial charge in [-0.1, -0.05) is 0 Å². The van der Waals surface area contributed by atoms with Crippen LogP contribution < -0.4 is 5.32 Å². The highest BCUT2D eigenvalue weighted by atomic mass is 32.1. The van der Waals surface area contributed by atoms with E-state index in [1.54, 1.807) is 11.3 Å². The highest BCUT2D eigenvalue weighted by Gasteiger charge is 2.32. The molecule has 19 heavy (non-hydrogen) atoms. The van der Waals surface area contributed by atoms with E-state index in [1.165, 1.54) is 11.8 Å². The van der Waals surface area contributed by atoms with Crippen molar-refractivity contribution < 1.29 is 19.8 Å². The van der Waals surface area contributed by atoms with E-state index in [2.05, 4.69) is 5.32 Å². The summed E-state index contributed by atoms with van der Waals surface area (Å²) in [7, 11) is 0. The lowest BCUT2D eigenvalue weighted by molar-refractivity contribution is -0.145. The maximum absolute atomic E-state index is 12.2. The van der Waals surface area contributed by atoms with Crippen molar-refractivity contribution in [2.75, 3.05) is 0 Å².